The first-order chi connectivity index (χ1) is 8.84. The van der Waals surface area contributed by atoms with Crippen molar-refractivity contribution in [1.82, 2.24) is 9.78 Å². The highest BCUT2D eigenvalue weighted by molar-refractivity contribution is 6.33. The molecule has 3 heteroatoms. The predicted molar refractivity (Wildman–Crippen MR) is 74.0 cm³/mol. The van der Waals surface area contributed by atoms with E-state index < -0.39 is 0 Å². The van der Waals surface area contributed by atoms with Crippen LogP contribution in [0.4, 0.5) is 0 Å². The number of halogens is 1. The molecule has 0 aliphatic heterocycles. The van der Waals surface area contributed by atoms with Crippen molar-refractivity contribution in [2.75, 3.05) is 0 Å². The maximum absolute atomic E-state index is 6.16. The van der Waals surface area contributed by atoms with Crippen molar-refractivity contribution < 1.29 is 0 Å². The molecule has 0 amide bonds. The SMILES string of the molecule is Clc1ccccc1-c1ccn(-c2ccccc2)n1. The van der Waals surface area contributed by atoms with E-state index in [-0.39, 0.29) is 0 Å². The zero-order valence-corrected chi connectivity index (χ0v) is 10.4. The molecule has 1 aromatic heterocycles. The van der Waals surface area contributed by atoms with Gasteiger partial charge in [0.05, 0.1) is 16.4 Å². The number of hydrogen-bond acceptors (Lipinski definition) is 1. The summed E-state index contributed by atoms with van der Waals surface area (Å²) in [6.45, 7) is 0. The summed E-state index contributed by atoms with van der Waals surface area (Å²) in [5.41, 5.74) is 2.87. The number of nitrogens with zero attached hydrogens (tertiary/aromatic N) is 2. The third-order valence-corrected chi connectivity index (χ3v) is 3.09. The van der Waals surface area contributed by atoms with Gasteiger partial charge in [-0.1, -0.05) is 48.0 Å². The molecule has 0 N–H and O–H groups in total. The topological polar surface area (TPSA) is 17.8 Å². The summed E-state index contributed by atoms with van der Waals surface area (Å²) in [5, 5.41) is 5.26. The Hall–Kier alpha value is -2.06. The fourth-order valence-electron chi connectivity index (χ4n) is 1.86. The summed E-state index contributed by atoms with van der Waals surface area (Å²) in [7, 11) is 0. The van der Waals surface area contributed by atoms with Crippen LogP contribution in [-0.4, -0.2) is 9.78 Å². The van der Waals surface area contributed by atoms with Gasteiger partial charge in [0.15, 0.2) is 0 Å². The average molecular weight is 255 g/mol. The van der Waals surface area contributed by atoms with Crippen LogP contribution < -0.4 is 0 Å². The first-order valence-electron chi connectivity index (χ1n) is 5.70. The minimum absolute atomic E-state index is 0.718. The highest BCUT2D eigenvalue weighted by Gasteiger charge is 2.06. The van der Waals surface area contributed by atoms with Gasteiger partial charge in [-0.3, -0.25) is 0 Å². The predicted octanol–water partition coefficient (Wildman–Crippen LogP) is 4.19. The van der Waals surface area contributed by atoms with Gasteiger partial charge < -0.3 is 0 Å². The first-order valence-corrected chi connectivity index (χ1v) is 6.08. The van der Waals surface area contributed by atoms with Gasteiger partial charge in [-0.05, 0) is 24.3 Å². The number of rotatable bonds is 2. The number of hydrogen-bond donors (Lipinski definition) is 0. The summed E-state index contributed by atoms with van der Waals surface area (Å²) >= 11 is 6.16. The lowest BCUT2D eigenvalue weighted by molar-refractivity contribution is 0.884. The Labute approximate surface area is 110 Å². The minimum Gasteiger partial charge on any atom is -0.240 e. The molecule has 1 heterocycles. The Morgan fingerprint density at radius 3 is 2.33 bits per heavy atom. The van der Waals surface area contributed by atoms with Crippen LogP contribution in [-0.2, 0) is 0 Å². The molecule has 18 heavy (non-hydrogen) atoms. The number of benzene rings is 2. The molecular formula is C15H11ClN2. The van der Waals surface area contributed by atoms with Crippen LogP contribution in [0.3, 0.4) is 0 Å². The molecule has 88 valence electrons. The molecule has 0 saturated carbocycles. The Morgan fingerprint density at radius 2 is 1.56 bits per heavy atom. The molecule has 3 rings (SSSR count). The molecule has 0 bridgehead atoms. The second kappa shape index (κ2) is 4.67. The monoisotopic (exact) mass is 254 g/mol. The summed E-state index contributed by atoms with van der Waals surface area (Å²) in [6.07, 6.45) is 1.94. The van der Waals surface area contributed by atoms with Crippen molar-refractivity contribution in [1.29, 1.82) is 0 Å². The van der Waals surface area contributed by atoms with E-state index in [4.69, 9.17) is 11.6 Å². The van der Waals surface area contributed by atoms with Gasteiger partial charge in [0.1, 0.15) is 0 Å². The zero-order chi connectivity index (χ0) is 12.4. The lowest BCUT2D eigenvalue weighted by Crippen LogP contribution is -1.94. The Balaban J connectivity index is 2.03. The van der Waals surface area contributed by atoms with Crippen molar-refractivity contribution in [2.24, 2.45) is 0 Å². The van der Waals surface area contributed by atoms with E-state index in [1.165, 1.54) is 0 Å². The van der Waals surface area contributed by atoms with Crippen LogP contribution in [0.1, 0.15) is 0 Å². The highest BCUT2D eigenvalue weighted by Crippen LogP contribution is 2.26. The number of aromatic nitrogens is 2. The molecule has 0 radical (unpaired) electrons. The summed E-state index contributed by atoms with van der Waals surface area (Å²) < 4.78 is 1.85. The minimum atomic E-state index is 0.718. The van der Waals surface area contributed by atoms with E-state index in [1.807, 2.05) is 71.5 Å². The van der Waals surface area contributed by atoms with Crippen molar-refractivity contribution in [2.45, 2.75) is 0 Å². The fraction of sp³-hybridized carbons (Fsp3) is 0. The van der Waals surface area contributed by atoms with Gasteiger partial charge in [0.25, 0.3) is 0 Å². The molecule has 0 fully saturated rings. The lowest BCUT2D eigenvalue weighted by Gasteiger charge is -2.01. The van der Waals surface area contributed by atoms with Crippen molar-refractivity contribution in [3.8, 4) is 16.9 Å². The van der Waals surface area contributed by atoms with Crippen LogP contribution in [0.2, 0.25) is 5.02 Å². The molecule has 0 spiro atoms. The van der Waals surface area contributed by atoms with E-state index in [0.29, 0.717) is 0 Å². The molecule has 0 saturated heterocycles. The zero-order valence-electron chi connectivity index (χ0n) is 9.62. The van der Waals surface area contributed by atoms with Crippen molar-refractivity contribution >= 4 is 11.6 Å². The second-order valence-electron chi connectivity index (χ2n) is 3.96. The lowest BCUT2D eigenvalue weighted by atomic mass is 10.2. The summed E-state index contributed by atoms with van der Waals surface area (Å²) in [5.74, 6) is 0. The number of para-hydroxylation sites is 1. The van der Waals surface area contributed by atoms with Gasteiger partial charge in [0, 0.05) is 11.8 Å². The Kier molecular flexibility index (Phi) is 2.87. The molecule has 2 aromatic carbocycles. The highest BCUT2D eigenvalue weighted by atomic mass is 35.5. The van der Waals surface area contributed by atoms with Gasteiger partial charge in [-0.25, -0.2) is 4.68 Å². The van der Waals surface area contributed by atoms with Gasteiger partial charge >= 0.3 is 0 Å². The van der Waals surface area contributed by atoms with E-state index in [9.17, 15) is 0 Å². The first kappa shape index (κ1) is 11.1. The molecule has 0 unspecified atom stereocenters. The quantitative estimate of drug-likeness (QED) is 0.670. The van der Waals surface area contributed by atoms with Crippen LogP contribution in [0, 0.1) is 0 Å². The normalized spacial score (nSPS) is 10.5. The van der Waals surface area contributed by atoms with Crippen LogP contribution in [0.15, 0.2) is 66.9 Å². The maximum atomic E-state index is 6.16. The third kappa shape index (κ3) is 2.03. The van der Waals surface area contributed by atoms with E-state index in [1.54, 1.807) is 0 Å². The van der Waals surface area contributed by atoms with Crippen molar-refractivity contribution in [3.05, 3.63) is 71.9 Å². The molecule has 2 nitrogen and oxygen atoms in total. The molecule has 0 aliphatic rings. The summed E-state index contributed by atoms with van der Waals surface area (Å²) in [6, 6.07) is 19.7. The maximum Gasteiger partial charge on any atom is 0.0942 e. The van der Waals surface area contributed by atoms with E-state index in [0.717, 1.165) is 22.0 Å². The van der Waals surface area contributed by atoms with Gasteiger partial charge in [0.2, 0.25) is 0 Å². The largest absolute Gasteiger partial charge is 0.240 e. The smallest absolute Gasteiger partial charge is 0.0942 e. The second-order valence-corrected chi connectivity index (χ2v) is 4.37. The molecular weight excluding hydrogens is 244 g/mol. The fourth-order valence-corrected chi connectivity index (χ4v) is 2.09. The molecule has 0 atom stereocenters. The van der Waals surface area contributed by atoms with E-state index in [2.05, 4.69) is 5.10 Å². The van der Waals surface area contributed by atoms with Crippen LogP contribution >= 0.6 is 11.6 Å². The van der Waals surface area contributed by atoms with Crippen LogP contribution in [0.25, 0.3) is 16.9 Å². The molecule has 3 aromatic rings. The van der Waals surface area contributed by atoms with Gasteiger partial charge in [-0.15, -0.1) is 0 Å². The van der Waals surface area contributed by atoms with Crippen LogP contribution in [0.5, 0.6) is 0 Å². The molecule has 0 aliphatic carbocycles. The third-order valence-electron chi connectivity index (χ3n) is 2.76. The van der Waals surface area contributed by atoms with Crippen molar-refractivity contribution in [3.63, 3.8) is 0 Å². The summed E-state index contributed by atoms with van der Waals surface area (Å²) in [4.78, 5) is 0. The average Bonchev–Trinajstić information content (AvgIpc) is 2.90. The van der Waals surface area contributed by atoms with Gasteiger partial charge in [-0.2, -0.15) is 5.10 Å². The standard InChI is InChI=1S/C15H11ClN2/c16-14-9-5-4-8-13(14)15-10-11-18(17-15)12-6-2-1-3-7-12/h1-11H. The Morgan fingerprint density at radius 1 is 0.833 bits per heavy atom. The Bertz CT molecular complexity index is 659. The van der Waals surface area contributed by atoms with E-state index >= 15 is 0 Å².